The zero-order chi connectivity index (χ0) is 59.9. The maximum absolute atomic E-state index is 12.9. The first-order valence-electron chi connectivity index (χ1n) is 35.0. The van der Waals surface area contributed by atoms with Gasteiger partial charge >= 0.3 is 17.9 Å². The van der Waals surface area contributed by atoms with Crippen molar-refractivity contribution in [3.63, 3.8) is 0 Å². The fraction of sp³-hybridized carbons (Fsp3) is 0.701. The zero-order valence-corrected chi connectivity index (χ0v) is 54.4. The minimum Gasteiger partial charge on any atom is -0.462 e. The highest BCUT2D eigenvalue weighted by Gasteiger charge is 2.19. The Balaban J connectivity index is 4.29. The topological polar surface area (TPSA) is 78.9 Å². The molecule has 0 aromatic heterocycles. The predicted octanol–water partition coefficient (Wildman–Crippen LogP) is 24.3. The lowest BCUT2D eigenvalue weighted by Crippen LogP contribution is -2.30. The monoisotopic (exact) mass is 1150 g/mol. The van der Waals surface area contributed by atoms with Crippen LogP contribution >= 0.6 is 0 Å². The summed E-state index contributed by atoms with van der Waals surface area (Å²) < 4.78 is 16.9. The molecule has 0 amide bonds. The molecule has 0 aromatic carbocycles. The number of rotatable bonds is 63. The highest BCUT2D eigenvalue weighted by atomic mass is 16.6. The largest absolute Gasteiger partial charge is 0.462 e. The molecule has 1 atom stereocenters. The Morgan fingerprint density at radius 3 is 0.735 bits per heavy atom. The summed E-state index contributed by atoms with van der Waals surface area (Å²) in [5, 5.41) is 0. The van der Waals surface area contributed by atoms with Gasteiger partial charge in [-0.3, -0.25) is 14.4 Å². The van der Waals surface area contributed by atoms with Crippen LogP contribution in [0.2, 0.25) is 0 Å². The number of carbonyl (C=O) groups excluding carboxylic acids is 3. The molecule has 0 N–H and O–H groups in total. The van der Waals surface area contributed by atoms with E-state index in [0.717, 1.165) is 135 Å². The van der Waals surface area contributed by atoms with Gasteiger partial charge in [-0.25, -0.2) is 0 Å². The van der Waals surface area contributed by atoms with Crippen molar-refractivity contribution >= 4 is 17.9 Å². The molecule has 0 spiro atoms. The number of allylic oxidation sites excluding steroid dienone is 20. The molecule has 0 aliphatic rings. The van der Waals surface area contributed by atoms with E-state index in [4.69, 9.17) is 14.2 Å². The Morgan fingerprint density at radius 2 is 0.470 bits per heavy atom. The van der Waals surface area contributed by atoms with Gasteiger partial charge in [-0.15, -0.1) is 0 Å². The van der Waals surface area contributed by atoms with Crippen LogP contribution in [0.3, 0.4) is 0 Å². The van der Waals surface area contributed by atoms with E-state index in [0.29, 0.717) is 19.3 Å². The molecule has 474 valence electrons. The summed E-state index contributed by atoms with van der Waals surface area (Å²) in [6, 6.07) is 0. The minimum absolute atomic E-state index is 0.0919. The summed E-state index contributed by atoms with van der Waals surface area (Å²) in [5.74, 6) is -0.917. The third kappa shape index (κ3) is 68.5. The maximum Gasteiger partial charge on any atom is 0.306 e. The molecule has 6 heteroatoms. The minimum atomic E-state index is -0.800. The molecule has 0 saturated carbocycles. The molecule has 83 heavy (non-hydrogen) atoms. The molecule has 0 bridgehead atoms. The molecule has 0 aliphatic carbocycles. The van der Waals surface area contributed by atoms with E-state index in [2.05, 4.69) is 142 Å². The van der Waals surface area contributed by atoms with Gasteiger partial charge in [0.1, 0.15) is 13.2 Å². The predicted molar refractivity (Wildman–Crippen MR) is 362 cm³/mol. The first-order chi connectivity index (χ1) is 41.0. The number of esters is 3. The lowest BCUT2D eigenvalue weighted by atomic mass is 10.0. The Labute approximate surface area is 513 Å². The second-order valence-corrected chi connectivity index (χ2v) is 23.0. The first-order valence-corrected chi connectivity index (χ1v) is 35.0. The molecular weight excluding hydrogens is 1020 g/mol. The molecule has 6 nitrogen and oxygen atoms in total. The van der Waals surface area contributed by atoms with Crippen LogP contribution in [0.15, 0.2) is 122 Å². The summed E-state index contributed by atoms with van der Waals surface area (Å²) in [4.78, 5) is 38.4. The zero-order valence-electron chi connectivity index (χ0n) is 54.4. The number of ether oxygens (including phenoxy) is 3. The lowest BCUT2D eigenvalue weighted by Gasteiger charge is -2.18. The number of hydrogen-bond donors (Lipinski definition) is 0. The van der Waals surface area contributed by atoms with Gasteiger partial charge in [0.05, 0.1) is 0 Å². The summed E-state index contributed by atoms with van der Waals surface area (Å²) >= 11 is 0. The van der Waals surface area contributed by atoms with E-state index in [9.17, 15) is 14.4 Å². The second kappa shape index (κ2) is 70.3. The molecule has 0 saturated heterocycles. The molecule has 0 aliphatic heterocycles. The van der Waals surface area contributed by atoms with Crippen molar-refractivity contribution in [1.82, 2.24) is 0 Å². The van der Waals surface area contributed by atoms with Gasteiger partial charge in [0, 0.05) is 19.3 Å². The van der Waals surface area contributed by atoms with Crippen molar-refractivity contribution in [2.75, 3.05) is 13.2 Å². The third-order valence-electron chi connectivity index (χ3n) is 14.9. The molecule has 0 heterocycles. The fourth-order valence-corrected chi connectivity index (χ4v) is 9.75. The van der Waals surface area contributed by atoms with Crippen molar-refractivity contribution in [2.45, 2.75) is 335 Å². The molecule has 0 rings (SSSR count). The van der Waals surface area contributed by atoms with E-state index in [1.54, 1.807) is 0 Å². The van der Waals surface area contributed by atoms with E-state index in [1.807, 2.05) is 0 Å². The molecule has 1 unspecified atom stereocenters. The maximum atomic E-state index is 12.9. The normalized spacial score (nSPS) is 12.9. The average Bonchev–Trinajstić information content (AvgIpc) is 3.50. The van der Waals surface area contributed by atoms with Crippen LogP contribution in [-0.4, -0.2) is 37.2 Å². The van der Waals surface area contributed by atoms with E-state index >= 15 is 0 Å². The van der Waals surface area contributed by atoms with Gasteiger partial charge in [0.15, 0.2) is 6.10 Å². The number of hydrogen-bond acceptors (Lipinski definition) is 6. The van der Waals surface area contributed by atoms with Crippen LogP contribution in [0.4, 0.5) is 0 Å². The highest BCUT2D eigenvalue weighted by Crippen LogP contribution is 2.17. The summed E-state index contributed by atoms with van der Waals surface area (Å²) in [7, 11) is 0. The van der Waals surface area contributed by atoms with Crippen molar-refractivity contribution in [2.24, 2.45) is 0 Å². The van der Waals surface area contributed by atoms with E-state index in [1.165, 1.54) is 154 Å². The number of unbranched alkanes of at least 4 members (excludes halogenated alkanes) is 32. The quantitative estimate of drug-likeness (QED) is 0.0261. The summed E-state index contributed by atoms with van der Waals surface area (Å²) in [5.41, 5.74) is 0. The van der Waals surface area contributed by atoms with Gasteiger partial charge in [-0.1, -0.05) is 303 Å². The molecular formula is C77H130O6. The van der Waals surface area contributed by atoms with Crippen LogP contribution in [0.1, 0.15) is 329 Å². The van der Waals surface area contributed by atoms with Crippen LogP contribution in [0.25, 0.3) is 0 Å². The van der Waals surface area contributed by atoms with Crippen LogP contribution in [-0.2, 0) is 28.6 Å². The van der Waals surface area contributed by atoms with Gasteiger partial charge in [0.2, 0.25) is 0 Å². The molecule has 0 aromatic rings. The smallest absolute Gasteiger partial charge is 0.306 e. The SMILES string of the molecule is CC/C=C\C/C=C\C/C=C\C/C=C\CCCCCCC(=O)OC(COC(=O)CCCCCCCCC/C=C\C/C=C\C/C=C\CC)COC(=O)CCCCCCCCCCCCCCCCCC/C=C\C/C=C\C/C=C\CCCCCCC. The van der Waals surface area contributed by atoms with Crippen molar-refractivity contribution in [3.8, 4) is 0 Å². The van der Waals surface area contributed by atoms with Gasteiger partial charge < -0.3 is 14.2 Å². The molecule has 0 fully saturated rings. The van der Waals surface area contributed by atoms with Crippen LogP contribution < -0.4 is 0 Å². The van der Waals surface area contributed by atoms with Gasteiger partial charge in [-0.05, 0) is 128 Å². The average molecular weight is 1150 g/mol. The summed E-state index contributed by atoms with van der Waals surface area (Å²) in [6.45, 7) is 6.40. The third-order valence-corrected chi connectivity index (χ3v) is 14.9. The number of carbonyl (C=O) groups is 3. The van der Waals surface area contributed by atoms with E-state index < -0.39 is 6.10 Å². The van der Waals surface area contributed by atoms with Crippen LogP contribution in [0.5, 0.6) is 0 Å². The fourth-order valence-electron chi connectivity index (χ4n) is 9.75. The second-order valence-electron chi connectivity index (χ2n) is 23.0. The molecule has 0 radical (unpaired) electrons. The summed E-state index contributed by atoms with van der Waals surface area (Å²) in [6.07, 6.45) is 98.0. The van der Waals surface area contributed by atoms with Crippen molar-refractivity contribution in [3.05, 3.63) is 122 Å². The van der Waals surface area contributed by atoms with Crippen LogP contribution in [0, 0.1) is 0 Å². The van der Waals surface area contributed by atoms with Crippen molar-refractivity contribution in [1.29, 1.82) is 0 Å². The Morgan fingerprint density at radius 1 is 0.253 bits per heavy atom. The Hall–Kier alpha value is -4.19. The van der Waals surface area contributed by atoms with Gasteiger partial charge in [0.25, 0.3) is 0 Å². The standard InChI is InChI=1S/C77H130O6/c1-4-7-10-13-16-19-22-25-28-31-32-33-34-35-36-37-38-39-40-41-42-43-44-47-49-52-55-58-61-64-67-70-76(79)82-73-74(83-77(80)71-68-65-62-59-56-53-50-46-30-27-24-21-18-15-12-9-6-3)72-81-75(78)69-66-63-60-57-54-51-48-45-29-26-23-20-17-14-11-8-5-2/h8-9,11-12,17-18,20-22,25-27,29-32,34-35,50,53,74H,4-7,10,13-16,19,23-24,28,33,36-49,51-52,54-73H2,1-3H3/b11-8-,12-9-,20-17-,21-18-,25-22-,29-26-,30-27-,32-31-,35-34-,53-50-. The highest BCUT2D eigenvalue weighted by molar-refractivity contribution is 5.71. The van der Waals surface area contributed by atoms with E-state index in [-0.39, 0.29) is 31.1 Å². The first kappa shape index (κ1) is 78.8. The van der Waals surface area contributed by atoms with Crippen molar-refractivity contribution < 1.29 is 28.6 Å². The Bertz CT molecular complexity index is 1700. The Kier molecular flexibility index (Phi) is 66.7. The lowest BCUT2D eigenvalue weighted by molar-refractivity contribution is -0.167. The van der Waals surface area contributed by atoms with Gasteiger partial charge in [-0.2, -0.15) is 0 Å².